The molecule has 48 heavy (non-hydrogen) atoms. The molecule has 0 aromatic heterocycles. The number of aryl methyl sites for hydroxylation is 1. The summed E-state index contributed by atoms with van der Waals surface area (Å²) in [6, 6.07) is 17.7. The molecule has 1 amide bonds. The summed E-state index contributed by atoms with van der Waals surface area (Å²) in [5.41, 5.74) is 5.26. The number of amides is 1. The molecule has 2 aromatic carbocycles. The Kier molecular flexibility index (Phi) is 29.5. The van der Waals surface area contributed by atoms with Crippen molar-refractivity contribution < 1.29 is 19.0 Å². The zero-order chi connectivity index (χ0) is 37.4. The van der Waals surface area contributed by atoms with E-state index in [1.54, 1.807) is 30.1 Å². The van der Waals surface area contributed by atoms with Gasteiger partial charge in [0.15, 0.2) is 0 Å². The molecule has 0 radical (unpaired) electrons. The first kappa shape index (κ1) is 49.9. The van der Waals surface area contributed by atoms with Gasteiger partial charge in [-0.25, -0.2) is 0 Å². The van der Waals surface area contributed by atoms with Crippen LogP contribution in [0.5, 0.6) is 5.75 Å². The van der Waals surface area contributed by atoms with Crippen molar-refractivity contribution in [2.24, 2.45) is 29.1 Å². The molecule has 5 unspecified atom stereocenters. The third-order valence-electron chi connectivity index (χ3n) is 10.3. The summed E-state index contributed by atoms with van der Waals surface area (Å²) in [6.07, 6.45) is 7.40. The first-order valence-corrected chi connectivity index (χ1v) is 28.0. The Morgan fingerprint density at radius 1 is 0.896 bits per heavy atom. The number of carbonyl (C=O) groups excluding carboxylic acids is 1. The first-order valence-electron chi connectivity index (χ1n) is 19.0. The molecule has 277 valence electrons. The zero-order valence-electron chi connectivity index (χ0n) is 33.5. The van der Waals surface area contributed by atoms with E-state index in [0.717, 1.165) is 41.9 Å². The van der Waals surface area contributed by atoms with Gasteiger partial charge in [-0.1, -0.05) is 125 Å². The predicted octanol–water partition coefficient (Wildman–Crippen LogP) is 14.1. The second-order valence-electron chi connectivity index (χ2n) is 12.5. The minimum absolute atomic E-state index is 0.181. The molecule has 5 rings (SSSR count). The van der Waals surface area contributed by atoms with Crippen molar-refractivity contribution in [1.29, 1.82) is 0 Å². The molecule has 6 heteroatoms. The van der Waals surface area contributed by atoms with E-state index in [1.165, 1.54) is 37.7 Å². The number of benzene rings is 2. The molecule has 2 saturated carbocycles. The first-order chi connectivity index (χ1) is 23.1. The molecule has 0 saturated heterocycles. The molecule has 0 aliphatic heterocycles. The van der Waals surface area contributed by atoms with Crippen LogP contribution in [0.2, 0.25) is 0 Å². The fourth-order valence-electron chi connectivity index (χ4n) is 8.07. The summed E-state index contributed by atoms with van der Waals surface area (Å²) in [5, 5.41) is 0. The topological polar surface area (TPSA) is 29.5 Å². The van der Waals surface area contributed by atoms with Crippen LogP contribution in [-0.4, -0.2) is 31.5 Å². The summed E-state index contributed by atoms with van der Waals surface area (Å²) in [7, 11) is 4.14. The van der Waals surface area contributed by atoms with Crippen LogP contribution < -0.4 is 4.74 Å². The van der Waals surface area contributed by atoms with Gasteiger partial charge in [-0.15, -0.1) is 0 Å². The third kappa shape index (κ3) is 14.4. The van der Waals surface area contributed by atoms with Crippen LogP contribution in [-0.2, 0) is 14.3 Å². The Morgan fingerprint density at radius 3 is 1.96 bits per heavy atom. The van der Waals surface area contributed by atoms with Crippen molar-refractivity contribution in [3.63, 3.8) is 0 Å². The fraction of sp³-hybridized carbons (Fsp3) is 0.690. The predicted molar refractivity (Wildman–Crippen MR) is 228 cm³/mol. The van der Waals surface area contributed by atoms with E-state index in [0.29, 0.717) is 27.2 Å². The molecule has 7 atom stereocenters. The van der Waals surface area contributed by atoms with E-state index in [4.69, 9.17) is 4.74 Å². The van der Waals surface area contributed by atoms with Crippen molar-refractivity contribution in [3.05, 3.63) is 65.2 Å². The molecule has 2 aromatic rings. The Labute approximate surface area is 328 Å². The molecular formula is C42H73I2NO2V. The quantitative estimate of drug-likeness (QED) is 0.280. The van der Waals surface area contributed by atoms with Crippen molar-refractivity contribution in [1.82, 2.24) is 4.90 Å². The second-order valence-corrected chi connectivity index (χ2v) is 24.3. The maximum absolute atomic E-state index is 10.4. The van der Waals surface area contributed by atoms with E-state index in [2.05, 4.69) is 116 Å². The van der Waals surface area contributed by atoms with Gasteiger partial charge in [-0.2, -0.15) is 0 Å². The number of nitrogens with zero attached hydrogens (tertiary/aromatic N) is 1. The number of hydrogen-bond acceptors (Lipinski definition) is 2. The van der Waals surface area contributed by atoms with E-state index < -0.39 is 0 Å². The number of ether oxygens (including phenoxy) is 1. The monoisotopic (exact) mass is 928 g/mol. The summed E-state index contributed by atoms with van der Waals surface area (Å²) in [5.74, 6) is 6.00. The van der Waals surface area contributed by atoms with Gasteiger partial charge in [-0.05, 0) is 103 Å². The van der Waals surface area contributed by atoms with Gasteiger partial charge in [0, 0.05) is 20.5 Å². The van der Waals surface area contributed by atoms with E-state index in [9.17, 15) is 4.79 Å². The van der Waals surface area contributed by atoms with Crippen molar-refractivity contribution in [2.75, 3.05) is 20.7 Å². The Bertz CT molecular complexity index is 1080. The Balaban J connectivity index is 0. The number of fused-ring (bicyclic) bond motifs is 5. The average molecular weight is 929 g/mol. The molecular weight excluding hydrogens is 855 g/mol. The maximum atomic E-state index is 10.4. The van der Waals surface area contributed by atoms with Crippen LogP contribution in [0.3, 0.4) is 0 Å². The van der Waals surface area contributed by atoms with Crippen LogP contribution in [0, 0.1) is 36.0 Å². The van der Waals surface area contributed by atoms with E-state index in [1.807, 2.05) is 62.3 Å². The van der Waals surface area contributed by atoms with Gasteiger partial charge >= 0.3 is 49.4 Å². The van der Waals surface area contributed by atoms with Gasteiger partial charge in [0.05, 0.1) is 6.61 Å². The minimum atomic E-state index is 0.181. The molecule has 3 nitrogen and oxygen atoms in total. The number of halogens is 2. The van der Waals surface area contributed by atoms with Crippen molar-refractivity contribution in [2.45, 2.75) is 140 Å². The summed E-state index contributed by atoms with van der Waals surface area (Å²) < 4.78 is 6.10. The fourth-order valence-corrected chi connectivity index (χ4v) is 8.07. The molecule has 0 bridgehead atoms. The second kappa shape index (κ2) is 28.4. The molecule has 0 spiro atoms. The normalized spacial score (nSPS) is 25.3. The standard InChI is InChI=1S/C29H38O.C5H11NO.4C2H6.2HI.V/c1-19-10-12-24-25-14-16-29(4)22(15-17-30-23-8-6-5-7-9-23)11-13-27(29)28(25)21(3)20(2)26(24)18-19;1-4-5(7)6(2)3;4*1-2;;;/h5-10,12,18,20-22,25,27-28H,11,13-17H2,1-4H3;4H2,1-3H3;4*1-2H3;2*1H;/q;;;;;;;;+2/p-2/t20?,21-,22-,25?,27?,28?,29?;;;;;;;;/m1......../s1. The Morgan fingerprint density at radius 2 is 1.46 bits per heavy atom. The molecule has 2 fully saturated rings. The Hall–Kier alpha value is -0.246. The zero-order valence-corrected chi connectivity index (χ0v) is 39.2. The molecule has 0 N–H and O–H groups in total. The van der Waals surface area contributed by atoms with Crippen molar-refractivity contribution >= 4 is 45.9 Å². The third-order valence-corrected chi connectivity index (χ3v) is 10.3. The van der Waals surface area contributed by atoms with Gasteiger partial charge in [-0.3, -0.25) is 4.79 Å². The average Bonchev–Trinajstić information content (AvgIpc) is 3.46. The molecule has 0 heterocycles. The SMILES string of the molecule is CC.CC.CC.CC.CCC(=O)N(C)C.Cc1ccc2c(c1)C(C)[C@@H](C)C1C2CCC2(C)C1CC[C@@H]2CCOc1ccccc1.[I][V][I]. The number of hydrogen-bond donors (Lipinski definition) is 0. The van der Waals surface area contributed by atoms with Crippen molar-refractivity contribution in [3.8, 4) is 5.75 Å². The van der Waals surface area contributed by atoms with Crippen LogP contribution in [0.15, 0.2) is 48.5 Å². The van der Waals surface area contributed by atoms with E-state index >= 15 is 0 Å². The molecule has 3 aliphatic rings. The summed E-state index contributed by atoms with van der Waals surface area (Å²) >= 11 is 4.74. The number of carbonyl (C=O) groups is 1. The van der Waals surface area contributed by atoms with Gasteiger partial charge in [0.2, 0.25) is 5.91 Å². The number of para-hydroxylation sites is 1. The number of rotatable bonds is 5. The van der Waals surface area contributed by atoms with Gasteiger partial charge in [0.25, 0.3) is 0 Å². The molecule has 3 aliphatic carbocycles. The van der Waals surface area contributed by atoms with E-state index in [-0.39, 0.29) is 5.91 Å². The van der Waals surface area contributed by atoms with Gasteiger partial charge < -0.3 is 9.64 Å². The summed E-state index contributed by atoms with van der Waals surface area (Å²) in [6.45, 7) is 28.6. The van der Waals surface area contributed by atoms with Crippen LogP contribution in [0.4, 0.5) is 0 Å². The van der Waals surface area contributed by atoms with Crippen LogP contribution >= 0.6 is 40.0 Å². The van der Waals surface area contributed by atoms with Crippen LogP contribution in [0.1, 0.15) is 150 Å². The van der Waals surface area contributed by atoms with Gasteiger partial charge in [0.1, 0.15) is 5.75 Å². The van der Waals surface area contributed by atoms with Crippen LogP contribution in [0.25, 0.3) is 0 Å². The summed E-state index contributed by atoms with van der Waals surface area (Å²) in [4.78, 5) is 12.0.